The highest BCUT2D eigenvalue weighted by molar-refractivity contribution is 5.73. The van der Waals surface area contributed by atoms with Gasteiger partial charge in [-0.25, -0.2) is 4.39 Å². The number of benzene rings is 1. The Morgan fingerprint density at radius 3 is 2.71 bits per heavy atom. The number of nitrogens with zero attached hydrogens (tertiary/aromatic N) is 1. The molecule has 0 aliphatic rings. The molecule has 0 saturated heterocycles. The second kappa shape index (κ2) is 5.97. The van der Waals surface area contributed by atoms with Gasteiger partial charge >= 0.3 is 5.97 Å². The molecule has 1 rings (SSSR count). The average Bonchev–Trinajstić information content (AvgIpc) is 2.28. The molecule has 0 bridgehead atoms. The molecule has 1 aromatic rings. The van der Waals surface area contributed by atoms with Gasteiger partial charge < -0.3 is 10.5 Å². The number of esters is 1. The fourth-order valence-corrected chi connectivity index (χ4v) is 1.54. The maximum atomic E-state index is 13.3. The number of nitriles is 1. The fourth-order valence-electron chi connectivity index (χ4n) is 1.54. The van der Waals surface area contributed by atoms with Crippen LogP contribution in [-0.4, -0.2) is 12.6 Å². The smallest absolute Gasteiger partial charge is 0.310 e. The molecule has 0 spiro atoms. The molecule has 0 amide bonds. The minimum atomic E-state index is -0.510. The largest absolute Gasteiger partial charge is 0.466 e. The number of rotatable bonds is 4. The molecule has 2 N–H and O–H groups in total. The van der Waals surface area contributed by atoms with Gasteiger partial charge in [0.25, 0.3) is 0 Å². The first kappa shape index (κ1) is 13.1. The summed E-state index contributed by atoms with van der Waals surface area (Å²) in [7, 11) is 0. The van der Waals surface area contributed by atoms with E-state index in [0.29, 0.717) is 11.1 Å². The third-order valence-electron chi connectivity index (χ3n) is 2.24. The lowest BCUT2D eigenvalue weighted by atomic mass is 9.99. The number of hydrogen-bond acceptors (Lipinski definition) is 4. The van der Waals surface area contributed by atoms with Gasteiger partial charge in [-0.15, -0.1) is 0 Å². The highest BCUT2D eigenvalue weighted by Gasteiger charge is 2.13. The molecular weight excluding hydrogens is 223 g/mol. The van der Waals surface area contributed by atoms with Gasteiger partial charge in [0.1, 0.15) is 5.82 Å². The minimum absolute atomic E-state index is 0.0521. The second-order valence-electron chi connectivity index (χ2n) is 3.40. The number of halogens is 1. The number of ether oxygens (including phenoxy) is 1. The molecule has 17 heavy (non-hydrogen) atoms. The van der Waals surface area contributed by atoms with Crippen LogP contribution in [0.4, 0.5) is 4.39 Å². The van der Waals surface area contributed by atoms with Gasteiger partial charge in [0.2, 0.25) is 0 Å². The van der Waals surface area contributed by atoms with E-state index in [1.165, 1.54) is 6.07 Å². The van der Waals surface area contributed by atoms with Crippen molar-refractivity contribution in [3.63, 3.8) is 0 Å². The minimum Gasteiger partial charge on any atom is -0.466 e. The summed E-state index contributed by atoms with van der Waals surface area (Å²) < 4.78 is 18.0. The zero-order valence-electron chi connectivity index (χ0n) is 9.50. The van der Waals surface area contributed by atoms with Gasteiger partial charge in [-0.2, -0.15) is 5.26 Å². The second-order valence-corrected chi connectivity index (χ2v) is 3.40. The SMILES string of the molecule is CCOC(=O)Cc1cc(F)cc(CN)c1C#N. The van der Waals surface area contributed by atoms with Gasteiger partial charge in [0, 0.05) is 6.54 Å². The molecule has 0 atom stereocenters. The number of carbonyl (C=O) groups excluding carboxylic acids is 1. The van der Waals surface area contributed by atoms with Gasteiger partial charge in [0.15, 0.2) is 0 Å². The van der Waals surface area contributed by atoms with E-state index < -0.39 is 11.8 Å². The van der Waals surface area contributed by atoms with Crippen LogP contribution in [0.3, 0.4) is 0 Å². The predicted molar refractivity (Wildman–Crippen MR) is 59.3 cm³/mol. The van der Waals surface area contributed by atoms with Crippen LogP contribution in [0, 0.1) is 17.1 Å². The van der Waals surface area contributed by atoms with Crippen molar-refractivity contribution < 1.29 is 13.9 Å². The standard InChI is InChI=1S/C12H13FN2O2/c1-2-17-12(16)5-8-3-10(13)4-9(6-14)11(8)7-15/h3-4H,2,5-6,14H2,1H3. The Bertz CT molecular complexity index is 466. The quantitative estimate of drug-likeness (QED) is 0.798. The lowest BCUT2D eigenvalue weighted by Gasteiger charge is -2.08. The van der Waals surface area contributed by atoms with Crippen LogP contribution in [0.2, 0.25) is 0 Å². The number of nitrogens with two attached hydrogens (primary N) is 1. The van der Waals surface area contributed by atoms with E-state index in [9.17, 15) is 9.18 Å². The Morgan fingerprint density at radius 1 is 1.53 bits per heavy atom. The van der Waals surface area contributed by atoms with Crippen molar-refractivity contribution in [2.45, 2.75) is 19.9 Å². The van der Waals surface area contributed by atoms with Crippen LogP contribution in [0.1, 0.15) is 23.6 Å². The maximum absolute atomic E-state index is 13.3. The lowest BCUT2D eigenvalue weighted by Crippen LogP contribution is -2.11. The summed E-state index contributed by atoms with van der Waals surface area (Å²) in [5.41, 5.74) is 6.38. The summed E-state index contributed by atoms with van der Waals surface area (Å²) in [5, 5.41) is 8.98. The Kier molecular flexibility index (Phi) is 4.61. The summed E-state index contributed by atoms with van der Waals surface area (Å²) in [6.07, 6.45) is -0.124. The van der Waals surface area contributed by atoms with Crippen LogP contribution in [0.5, 0.6) is 0 Å². The Labute approximate surface area is 98.8 Å². The van der Waals surface area contributed by atoms with Gasteiger partial charge in [-0.1, -0.05) is 0 Å². The van der Waals surface area contributed by atoms with E-state index >= 15 is 0 Å². The lowest BCUT2D eigenvalue weighted by molar-refractivity contribution is -0.142. The summed E-state index contributed by atoms with van der Waals surface area (Å²) in [6, 6.07) is 4.30. The fraction of sp³-hybridized carbons (Fsp3) is 0.333. The predicted octanol–water partition coefficient (Wildman–Crippen LogP) is 1.26. The Morgan fingerprint density at radius 2 is 2.18 bits per heavy atom. The molecule has 0 heterocycles. The molecular formula is C12H13FN2O2. The van der Waals surface area contributed by atoms with Crippen molar-refractivity contribution in [1.82, 2.24) is 0 Å². The summed E-state index contributed by atoms with van der Waals surface area (Å²) in [6.45, 7) is 1.98. The van der Waals surface area contributed by atoms with E-state index in [-0.39, 0.29) is 25.1 Å². The van der Waals surface area contributed by atoms with Gasteiger partial charge in [-0.05, 0) is 30.2 Å². The summed E-state index contributed by atoms with van der Waals surface area (Å²) in [5.74, 6) is -0.999. The normalized spacial score (nSPS) is 9.76. The van der Waals surface area contributed by atoms with Crippen LogP contribution >= 0.6 is 0 Å². The first-order chi connectivity index (χ1) is 8.12. The molecule has 4 nitrogen and oxygen atoms in total. The first-order valence-corrected chi connectivity index (χ1v) is 5.19. The highest BCUT2D eigenvalue weighted by Crippen LogP contribution is 2.17. The molecule has 0 aliphatic heterocycles. The van der Waals surface area contributed by atoms with Crippen molar-refractivity contribution in [2.75, 3.05) is 6.61 Å². The number of carbonyl (C=O) groups is 1. The van der Waals surface area contributed by atoms with E-state index in [4.69, 9.17) is 15.7 Å². The van der Waals surface area contributed by atoms with E-state index in [1.807, 2.05) is 6.07 Å². The van der Waals surface area contributed by atoms with E-state index in [1.54, 1.807) is 6.92 Å². The van der Waals surface area contributed by atoms with Gasteiger partial charge in [-0.3, -0.25) is 4.79 Å². The molecule has 0 saturated carbocycles. The van der Waals surface area contributed by atoms with Crippen LogP contribution < -0.4 is 5.73 Å². The molecule has 0 unspecified atom stereocenters. The molecule has 5 heteroatoms. The van der Waals surface area contributed by atoms with Crippen LogP contribution in [-0.2, 0) is 22.5 Å². The van der Waals surface area contributed by atoms with Crippen LogP contribution in [0.15, 0.2) is 12.1 Å². The van der Waals surface area contributed by atoms with Crippen molar-refractivity contribution in [1.29, 1.82) is 5.26 Å². The van der Waals surface area contributed by atoms with Crippen molar-refractivity contribution in [3.05, 3.63) is 34.6 Å². The van der Waals surface area contributed by atoms with Crippen LogP contribution in [0.25, 0.3) is 0 Å². The van der Waals surface area contributed by atoms with Crippen molar-refractivity contribution >= 4 is 5.97 Å². The first-order valence-electron chi connectivity index (χ1n) is 5.19. The third-order valence-corrected chi connectivity index (χ3v) is 2.24. The molecule has 90 valence electrons. The summed E-state index contributed by atoms with van der Waals surface area (Å²) in [4.78, 5) is 11.3. The monoisotopic (exact) mass is 236 g/mol. The topological polar surface area (TPSA) is 76.1 Å². The average molecular weight is 236 g/mol. The molecule has 1 aromatic carbocycles. The Hall–Kier alpha value is -1.93. The van der Waals surface area contributed by atoms with Gasteiger partial charge in [0.05, 0.1) is 24.7 Å². The van der Waals surface area contributed by atoms with Crippen molar-refractivity contribution in [2.24, 2.45) is 5.73 Å². The van der Waals surface area contributed by atoms with E-state index in [2.05, 4.69) is 0 Å². The third kappa shape index (κ3) is 3.26. The zero-order valence-corrected chi connectivity index (χ0v) is 9.50. The molecule has 0 fully saturated rings. The Balaban J connectivity index is 3.10. The van der Waals surface area contributed by atoms with Crippen molar-refractivity contribution in [3.8, 4) is 6.07 Å². The zero-order chi connectivity index (χ0) is 12.8. The molecule has 0 radical (unpaired) electrons. The highest BCUT2D eigenvalue weighted by atomic mass is 19.1. The molecule has 0 aliphatic carbocycles. The molecule has 0 aromatic heterocycles. The summed E-state index contributed by atoms with van der Waals surface area (Å²) >= 11 is 0. The number of hydrogen-bond donors (Lipinski definition) is 1. The maximum Gasteiger partial charge on any atom is 0.310 e. The van der Waals surface area contributed by atoms with E-state index in [0.717, 1.165) is 6.07 Å².